The summed E-state index contributed by atoms with van der Waals surface area (Å²) in [7, 11) is 1.50. The van der Waals surface area contributed by atoms with E-state index in [-0.39, 0.29) is 29.7 Å². The number of halogens is 3. The van der Waals surface area contributed by atoms with Gasteiger partial charge in [-0.2, -0.15) is 0 Å². The summed E-state index contributed by atoms with van der Waals surface area (Å²) in [6.07, 6.45) is -3.56. The van der Waals surface area contributed by atoms with Gasteiger partial charge in [-0.15, -0.1) is 13.2 Å². The average molecular weight is 381 g/mol. The maximum atomic E-state index is 12.2. The Hall–Kier alpha value is -3.30. The van der Waals surface area contributed by atoms with Gasteiger partial charge < -0.3 is 19.6 Å². The van der Waals surface area contributed by atoms with Crippen molar-refractivity contribution in [1.82, 2.24) is 10.3 Å². The molecular formula is C17H14F3N3O4. The van der Waals surface area contributed by atoms with E-state index in [1.165, 1.54) is 43.6 Å². The molecule has 0 unspecified atom stereocenters. The maximum Gasteiger partial charge on any atom is 0.573 e. The van der Waals surface area contributed by atoms with Crippen LogP contribution in [0.2, 0.25) is 0 Å². The molecule has 0 saturated heterocycles. The highest BCUT2D eigenvalue weighted by atomic mass is 19.4. The van der Waals surface area contributed by atoms with Gasteiger partial charge in [-0.05, 0) is 29.8 Å². The highest BCUT2D eigenvalue weighted by Crippen LogP contribution is 2.30. The van der Waals surface area contributed by atoms with E-state index in [2.05, 4.69) is 20.2 Å². The highest BCUT2D eigenvalue weighted by Gasteiger charge is 2.31. The Balaban J connectivity index is 1.57. The molecule has 1 atom stereocenters. The molecule has 0 aliphatic carbocycles. The number of hydrogen-bond donors (Lipinski definition) is 1. The molecule has 2 aromatic rings. The summed E-state index contributed by atoms with van der Waals surface area (Å²) in [6.45, 7) is 0. The SMILES string of the molecule is CNC(=O)c1ccc(OC2=NO[C@@H](c3ccc(OC(F)(F)F)cc3)C2)cn1. The molecule has 1 amide bonds. The van der Waals surface area contributed by atoms with Gasteiger partial charge >= 0.3 is 6.36 Å². The molecule has 1 aliphatic rings. The van der Waals surface area contributed by atoms with Gasteiger partial charge in [0.2, 0.25) is 5.90 Å². The summed E-state index contributed by atoms with van der Waals surface area (Å²) in [5, 5.41) is 6.28. The molecule has 1 N–H and O–H groups in total. The number of carbonyl (C=O) groups is 1. The zero-order valence-electron chi connectivity index (χ0n) is 14.0. The standard InChI is InChI=1S/C17H14F3N3O4/c1-21-16(24)13-7-6-12(9-22-13)25-15-8-14(27-23-15)10-2-4-11(5-3-10)26-17(18,19)20/h2-7,9,14H,8H2,1H3,(H,21,24)/t14-/m1/s1. The lowest BCUT2D eigenvalue weighted by atomic mass is 10.1. The van der Waals surface area contributed by atoms with Crippen LogP contribution in [-0.4, -0.2) is 30.2 Å². The van der Waals surface area contributed by atoms with Gasteiger partial charge in [0.15, 0.2) is 6.10 Å². The Morgan fingerprint density at radius 2 is 1.89 bits per heavy atom. The monoisotopic (exact) mass is 381 g/mol. The van der Waals surface area contributed by atoms with Gasteiger partial charge in [0.25, 0.3) is 5.91 Å². The van der Waals surface area contributed by atoms with Gasteiger partial charge in [-0.3, -0.25) is 4.79 Å². The van der Waals surface area contributed by atoms with Crippen LogP contribution < -0.4 is 14.8 Å². The lowest BCUT2D eigenvalue weighted by molar-refractivity contribution is -0.274. The molecule has 1 aliphatic heterocycles. The van der Waals surface area contributed by atoms with E-state index in [1.54, 1.807) is 6.07 Å². The van der Waals surface area contributed by atoms with Crippen molar-refractivity contribution in [3.8, 4) is 11.5 Å². The fourth-order valence-corrected chi connectivity index (χ4v) is 2.32. The molecule has 3 rings (SSSR count). The lowest BCUT2D eigenvalue weighted by Crippen LogP contribution is -2.19. The molecule has 0 saturated carbocycles. The van der Waals surface area contributed by atoms with E-state index in [1.807, 2.05) is 0 Å². The van der Waals surface area contributed by atoms with E-state index in [0.717, 1.165) is 0 Å². The number of amides is 1. The third kappa shape index (κ3) is 4.87. The molecule has 2 heterocycles. The summed E-state index contributed by atoms with van der Waals surface area (Å²) in [4.78, 5) is 20.7. The predicted molar refractivity (Wildman–Crippen MR) is 87.3 cm³/mol. The lowest BCUT2D eigenvalue weighted by Gasteiger charge is -2.11. The molecule has 1 aromatic carbocycles. The number of rotatable bonds is 4. The second-order valence-corrected chi connectivity index (χ2v) is 5.46. The number of pyridine rings is 1. The van der Waals surface area contributed by atoms with Crippen molar-refractivity contribution < 1.29 is 32.3 Å². The smallest absolute Gasteiger partial charge is 0.438 e. The van der Waals surface area contributed by atoms with Crippen LogP contribution in [0, 0.1) is 0 Å². The van der Waals surface area contributed by atoms with Crippen LogP contribution in [0.5, 0.6) is 11.5 Å². The zero-order chi connectivity index (χ0) is 19.4. The van der Waals surface area contributed by atoms with Crippen LogP contribution in [-0.2, 0) is 4.84 Å². The molecule has 142 valence electrons. The van der Waals surface area contributed by atoms with Crippen LogP contribution in [0.1, 0.15) is 28.6 Å². The van der Waals surface area contributed by atoms with Crippen LogP contribution in [0.3, 0.4) is 0 Å². The van der Waals surface area contributed by atoms with Crippen molar-refractivity contribution in [2.75, 3.05) is 7.05 Å². The third-order valence-corrected chi connectivity index (χ3v) is 3.56. The number of aromatic nitrogens is 1. The van der Waals surface area contributed by atoms with Crippen molar-refractivity contribution in [3.63, 3.8) is 0 Å². The van der Waals surface area contributed by atoms with Gasteiger partial charge in [-0.1, -0.05) is 17.3 Å². The van der Waals surface area contributed by atoms with Crippen molar-refractivity contribution in [3.05, 3.63) is 53.9 Å². The zero-order valence-corrected chi connectivity index (χ0v) is 14.0. The number of hydrogen-bond acceptors (Lipinski definition) is 6. The predicted octanol–water partition coefficient (Wildman–Crippen LogP) is 3.19. The molecule has 0 radical (unpaired) electrons. The van der Waals surface area contributed by atoms with Gasteiger partial charge in [0.05, 0.1) is 12.6 Å². The van der Waals surface area contributed by atoms with Gasteiger partial charge in [-0.25, -0.2) is 4.98 Å². The van der Waals surface area contributed by atoms with Gasteiger partial charge in [0.1, 0.15) is 17.2 Å². The van der Waals surface area contributed by atoms with Crippen molar-refractivity contribution in [1.29, 1.82) is 0 Å². The number of nitrogens with one attached hydrogen (secondary N) is 1. The molecule has 1 aromatic heterocycles. The summed E-state index contributed by atoms with van der Waals surface area (Å²) in [5.41, 5.74) is 0.869. The summed E-state index contributed by atoms with van der Waals surface area (Å²) >= 11 is 0. The maximum absolute atomic E-state index is 12.2. The fourth-order valence-electron chi connectivity index (χ4n) is 2.32. The average Bonchev–Trinajstić information content (AvgIpc) is 3.09. The Morgan fingerprint density at radius 3 is 2.48 bits per heavy atom. The Morgan fingerprint density at radius 1 is 1.19 bits per heavy atom. The quantitative estimate of drug-likeness (QED) is 0.880. The van der Waals surface area contributed by atoms with Crippen LogP contribution >= 0.6 is 0 Å². The summed E-state index contributed by atoms with van der Waals surface area (Å²) < 4.78 is 45.9. The van der Waals surface area contributed by atoms with E-state index >= 15 is 0 Å². The Bertz CT molecular complexity index is 836. The topological polar surface area (TPSA) is 82.0 Å². The number of nitrogens with zero attached hydrogens (tertiary/aromatic N) is 2. The minimum Gasteiger partial charge on any atom is -0.438 e. The Kier molecular flexibility index (Phi) is 5.15. The first-order valence-corrected chi connectivity index (χ1v) is 7.78. The molecular weight excluding hydrogens is 367 g/mol. The highest BCUT2D eigenvalue weighted by molar-refractivity contribution is 5.92. The third-order valence-electron chi connectivity index (χ3n) is 3.56. The number of oxime groups is 1. The van der Waals surface area contributed by atoms with Crippen LogP contribution in [0.15, 0.2) is 47.8 Å². The first kappa shape index (κ1) is 18.5. The largest absolute Gasteiger partial charge is 0.573 e. The van der Waals surface area contributed by atoms with E-state index in [4.69, 9.17) is 9.57 Å². The molecule has 7 nitrogen and oxygen atoms in total. The number of carbonyl (C=O) groups excluding carboxylic acids is 1. The first-order valence-electron chi connectivity index (χ1n) is 7.78. The number of benzene rings is 1. The summed E-state index contributed by atoms with van der Waals surface area (Å²) in [5.74, 6) is 0.0229. The summed E-state index contributed by atoms with van der Waals surface area (Å²) in [6, 6.07) is 8.39. The molecule has 0 spiro atoms. The molecule has 27 heavy (non-hydrogen) atoms. The van der Waals surface area contributed by atoms with Crippen LogP contribution in [0.25, 0.3) is 0 Å². The van der Waals surface area contributed by atoms with E-state index in [9.17, 15) is 18.0 Å². The number of ether oxygens (including phenoxy) is 2. The molecule has 0 bridgehead atoms. The first-order chi connectivity index (χ1) is 12.8. The molecule has 0 fully saturated rings. The van der Waals surface area contributed by atoms with Crippen LogP contribution in [0.4, 0.5) is 13.2 Å². The number of alkyl halides is 3. The minimum absolute atomic E-state index is 0.244. The minimum atomic E-state index is -4.74. The van der Waals surface area contributed by atoms with Crippen molar-refractivity contribution >= 4 is 11.8 Å². The molecule has 10 heteroatoms. The second kappa shape index (κ2) is 7.52. The second-order valence-electron chi connectivity index (χ2n) is 5.46. The van der Waals surface area contributed by atoms with Crippen molar-refractivity contribution in [2.45, 2.75) is 18.9 Å². The Labute approximate surface area is 151 Å². The van der Waals surface area contributed by atoms with E-state index < -0.39 is 12.5 Å². The normalized spacial score (nSPS) is 16.3. The van der Waals surface area contributed by atoms with Gasteiger partial charge in [0, 0.05) is 7.05 Å². The fraction of sp³-hybridized carbons (Fsp3) is 0.235. The van der Waals surface area contributed by atoms with Crippen molar-refractivity contribution in [2.24, 2.45) is 5.16 Å². The van der Waals surface area contributed by atoms with E-state index in [0.29, 0.717) is 11.3 Å².